The van der Waals surface area contributed by atoms with Gasteiger partial charge < -0.3 is 5.32 Å². The van der Waals surface area contributed by atoms with Gasteiger partial charge in [-0.05, 0) is 43.3 Å². The summed E-state index contributed by atoms with van der Waals surface area (Å²) in [5, 5.41) is 6.17. The van der Waals surface area contributed by atoms with Gasteiger partial charge >= 0.3 is 6.03 Å². The second-order valence-electron chi connectivity index (χ2n) is 6.77. The largest absolute Gasteiger partial charge is 0.324 e. The van der Waals surface area contributed by atoms with Crippen LogP contribution in [0.25, 0.3) is 22.0 Å². The third-order valence-electron chi connectivity index (χ3n) is 4.61. The van der Waals surface area contributed by atoms with Crippen LogP contribution in [0.5, 0.6) is 0 Å². The summed E-state index contributed by atoms with van der Waals surface area (Å²) in [7, 11) is 0. The smallest absolute Gasteiger partial charge is 0.308 e. The molecule has 0 saturated heterocycles. The first-order valence-corrected chi connectivity index (χ1v) is 9.68. The molecule has 0 aliphatic rings. The lowest BCUT2D eigenvalue weighted by Gasteiger charge is -2.14. The second kappa shape index (κ2) is 8.49. The molecule has 4 aromatic rings. The molecule has 0 aliphatic carbocycles. The van der Waals surface area contributed by atoms with Crippen LogP contribution in [-0.2, 0) is 0 Å². The minimum absolute atomic E-state index is 0.120. The van der Waals surface area contributed by atoms with Gasteiger partial charge in [0, 0.05) is 40.2 Å². The molecule has 0 unspecified atom stereocenters. The normalized spacial score (nSPS) is 10.7. The highest BCUT2D eigenvalue weighted by atomic mass is 35.5. The average molecular weight is 435 g/mol. The Morgan fingerprint density at radius 2 is 1.84 bits per heavy atom. The van der Waals surface area contributed by atoms with E-state index in [0.29, 0.717) is 27.7 Å². The molecule has 2 aromatic carbocycles. The number of amides is 2. The number of nitrogens with zero attached hydrogens (tertiary/aromatic N) is 2. The molecule has 154 valence electrons. The van der Waals surface area contributed by atoms with Gasteiger partial charge in [0.05, 0.1) is 10.5 Å². The van der Waals surface area contributed by atoms with E-state index in [1.54, 1.807) is 54.9 Å². The van der Waals surface area contributed by atoms with E-state index in [1.807, 2.05) is 0 Å². The SMILES string of the molecule is CC(=O)c1cccc(NC(=O)Nc2nc3ccncc3cc2-c2c(F)cccc2Cl)c1. The van der Waals surface area contributed by atoms with Crippen LogP contribution in [0.3, 0.4) is 0 Å². The van der Waals surface area contributed by atoms with Gasteiger partial charge in [-0.1, -0.05) is 29.8 Å². The molecule has 2 N–H and O–H groups in total. The minimum Gasteiger partial charge on any atom is -0.308 e. The Labute approximate surface area is 182 Å². The lowest BCUT2D eigenvalue weighted by Crippen LogP contribution is -2.21. The predicted octanol–water partition coefficient (Wildman–Crippen LogP) is 5.94. The van der Waals surface area contributed by atoms with E-state index in [0.717, 1.165) is 0 Å². The Kier molecular flexibility index (Phi) is 5.60. The number of fused-ring (bicyclic) bond motifs is 1. The molecule has 2 aromatic heterocycles. The molecule has 6 nitrogen and oxygen atoms in total. The molecule has 0 aliphatic heterocycles. The Morgan fingerprint density at radius 1 is 1.03 bits per heavy atom. The van der Waals surface area contributed by atoms with E-state index in [-0.39, 0.29) is 22.2 Å². The maximum absolute atomic E-state index is 14.6. The van der Waals surface area contributed by atoms with Crippen molar-refractivity contribution in [3.63, 3.8) is 0 Å². The maximum atomic E-state index is 14.6. The van der Waals surface area contributed by atoms with E-state index in [2.05, 4.69) is 20.6 Å². The van der Waals surface area contributed by atoms with Crippen molar-refractivity contribution in [2.75, 3.05) is 10.6 Å². The van der Waals surface area contributed by atoms with Gasteiger partial charge in [-0.2, -0.15) is 0 Å². The number of carbonyl (C=O) groups excluding carboxylic acids is 2. The topological polar surface area (TPSA) is 84.0 Å². The van der Waals surface area contributed by atoms with Gasteiger partial charge in [-0.25, -0.2) is 14.2 Å². The highest BCUT2D eigenvalue weighted by Gasteiger charge is 2.18. The molecule has 31 heavy (non-hydrogen) atoms. The van der Waals surface area contributed by atoms with Gasteiger partial charge in [0.15, 0.2) is 5.78 Å². The first-order valence-electron chi connectivity index (χ1n) is 9.30. The molecule has 0 spiro atoms. The van der Waals surface area contributed by atoms with Crippen LogP contribution in [0.2, 0.25) is 5.02 Å². The minimum atomic E-state index is -0.602. The summed E-state index contributed by atoms with van der Waals surface area (Å²) in [6.45, 7) is 1.44. The molecule has 0 bridgehead atoms. The number of hydrogen-bond acceptors (Lipinski definition) is 4. The highest BCUT2D eigenvalue weighted by molar-refractivity contribution is 6.33. The molecular weight excluding hydrogens is 419 g/mol. The number of hydrogen-bond donors (Lipinski definition) is 2. The van der Waals surface area contributed by atoms with Crippen LogP contribution >= 0.6 is 11.6 Å². The van der Waals surface area contributed by atoms with Gasteiger partial charge in [-0.15, -0.1) is 0 Å². The number of anilines is 2. The van der Waals surface area contributed by atoms with Gasteiger partial charge in [0.2, 0.25) is 0 Å². The Morgan fingerprint density at radius 3 is 2.61 bits per heavy atom. The summed E-state index contributed by atoms with van der Waals surface area (Å²) in [6, 6.07) is 13.6. The molecule has 0 fully saturated rings. The third kappa shape index (κ3) is 4.36. The molecule has 8 heteroatoms. The number of ketones is 1. The van der Waals surface area contributed by atoms with Crippen LogP contribution in [-0.4, -0.2) is 21.8 Å². The lowest BCUT2D eigenvalue weighted by atomic mass is 10.0. The number of rotatable bonds is 4. The van der Waals surface area contributed by atoms with Crippen LogP contribution in [0.4, 0.5) is 20.7 Å². The fraction of sp³-hybridized carbons (Fsp3) is 0.0435. The number of urea groups is 1. The van der Waals surface area contributed by atoms with E-state index in [4.69, 9.17) is 11.6 Å². The molecule has 0 saturated carbocycles. The summed E-state index contributed by atoms with van der Waals surface area (Å²) < 4.78 is 14.6. The number of nitrogens with one attached hydrogen (secondary N) is 2. The zero-order valence-corrected chi connectivity index (χ0v) is 17.1. The Bertz CT molecular complexity index is 1310. The molecular formula is C23H16ClFN4O2. The summed E-state index contributed by atoms with van der Waals surface area (Å²) in [5.74, 6) is -0.536. The molecule has 4 rings (SSSR count). The van der Waals surface area contributed by atoms with E-state index in [1.165, 1.54) is 19.1 Å². The summed E-state index contributed by atoms with van der Waals surface area (Å²) >= 11 is 6.26. The van der Waals surface area contributed by atoms with Crippen molar-refractivity contribution >= 4 is 45.8 Å². The lowest BCUT2D eigenvalue weighted by molar-refractivity contribution is 0.101. The monoisotopic (exact) mass is 434 g/mol. The first-order chi connectivity index (χ1) is 14.9. The van der Waals surface area contributed by atoms with Crippen molar-refractivity contribution < 1.29 is 14.0 Å². The summed E-state index contributed by atoms with van der Waals surface area (Å²) in [4.78, 5) is 32.8. The van der Waals surface area contributed by atoms with Crippen LogP contribution in [0.1, 0.15) is 17.3 Å². The highest BCUT2D eigenvalue weighted by Crippen LogP contribution is 2.36. The molecule has 2 heterocycles. The van der Waals surface area contributed by atoms with Crippen molar-refractivity contribution in [2.45, 2.75) is 6.92 Å². The zero-order valence-electron chi connectivity index (χ0n) is 16.3. The number of pyridine rings is 2. The molecule has 0 radical (unpaired) electrons. The number of Topliss-reactive ketones (excluding diaryl/α,β-unsaturated/α-hetero) is 1. The van der Waals surface area contributed by atoms with Crippen LogP contribution in [0.15, 0.2) is 67.0 Å². The molecule has 2 amide bonds. The summed E-state index contributed by atoms with van der Waals surface area (Å²) in [6.07, 6.45) is 3.17. The van der Waals surface area contributed by atoms with Crippen molar-refractivity contribution in [2.24, 2.45) is 0 Å². The number of benzene rings is 2. The van der Waals surface area contributed by atoms with Crippen molar-refractivity contribution in [1.82, 2.24) is 9.97 Å². The number of halogens is 2. The predicted molar refractivity (Wildman–Crippen MR) is 119 cm³/mol. The Balaban J connectivity index is 1.73. The van der Waals surface area contributed by atoms with E-state index >= 15 is 0 Å². The average Bonchev–Trinajstić information content (AvgIpc) is 2.74. The summed E-state index contributed by atoms with van der Waals surface area (Å²) in [5.41, 5.74) is 1.90. The molecule has 0 atom stereocenters. The van der Waals surface area contributed by atoms with Crippen LogP contribution in [0, 0.1) is 5.82 Å². The quantitative estimate of drug-likeness (QED) is 0.389. The van der Waals surface area contributed by atoms with Crippen molar-refractivity contribution in [1.29, 1.82) is 0 Å². The van der Waals surface area contributed by atoms with Crippen LogP contribution < -0.4 is 10.6 Å². The van der Waals surface area contributed by atoms with E-state index in [9.17, 15) is 14.0 Å². The standard InChI is InChI=1S/C23H16ClFN4O2/c1-13(30)14-4-2-5-16(10-14)27-23(31)29-22-17(21-18(24)6-3-7-19(21)25)11-15-12-26-9-8-20(15)28-22/h2-12H,1H3,(H2,27,28,29,31). The first kappa shape index (κ1) is 20.4. The second-order valence-corrected chi connectivity index (χ2v) is 7.17. The fourth-order valence-electron chi connectivity index (χ4n) is 3.14. The van der Waals surface area contributed by atoms with Gasteiger partial charge in [0.1, 0.15) is 11.6 Å². The fourth-order valence-corrected chi connectivity index (χ4v) is 3.41. The Hall–Kier alpha value is -3.84. The third-order valence-corrected chi connectivity index (χ3v) is 4.92. The number of carbonyl (C=O) groups is 2. The zero-order chi connectivity index (χ0) is 22.0. The van der Waals surface area contributed by atoms with Crippen molar-refractivity contribution in [3.8, 4) is 11.1 Å². The van der Waals surface area contributed by atoms with E-state index < -0.39 is 11.8 Å². The maximum Gasteiger partial charge on any atom is 0.324 e. The van der Waals surface area contributed by atoms with Gasteiger partial charge in [-0.3, -0.25) is 15.1 Å². The van der Waals surface area contributed by atoms with Gasteiger partial charge in [0.25, 0.3) is 0 Å². The number of aromatic nitrogens is 2. The van der Waals surface area contributed by atoms with Crippen molar-refractivity contribution in [3.05, 3.63) is 83.4 Å².